The number of thiophene rings is 1. The van der Waals surface area contributed by atoms with Crippen molar-refractivity contribution in [3.05, 3.63) is 35.2 Å². The maximum atomic E-state index is 13.3. The number of ether oxygens (including phenoxy) is 1. The Labute approximate surface area is 182 Å². The molecule has 2 fully saturated rings. The number of hydrogen-bond donors (Lipinski definition) is 2. The normalized spacial score (nSPS) is 20.1. The minimum Gasteiger partial charge on any atom is -0.366 e. The van der Waals surface area contributed by atoms with E-state index in [9.17, 15) is 4.79 Å². The van der Waals surface area contributed by atoms with Gasteiger partial charge in [0.15, 0.2) is 0 Å². The minimum absolute atomic E-state index is 0.0296. The second kappa shape index (κ2) is 9.96. The number of aryl methyl sites for hydroxylation is 1. The van der Waals surface area contributed by atoms with Gasteiger partial charge in [-0.3, -0.25) is 4.79 Å². The van der Waals surface area contributed by atoms with Crippen LogP contribution in [0.15, 0.2) is 24.8 Å². The third kappa shape index (κ3) is 4.88. The molecule has 30 heavy (non-hydrogen) atoms. The summed E-state index contributed by atoms with van der Waals surface area (Å²) in [5.41, 5.74) is 2.36. The van der Waals surface area contributed by atoms with Crippen LogP contribution in [0.4, 0.5) is 0 Å². The van der Waals surface area contributed by atoms with Crippen molar-refractivity contribution < 1.29 is 9.53 Å². The smallest absolute Gasteiger partial charge is 0.253 e. The lowest BCUT2D eigenvalue weighted by molar-refractivity contribution is -0.148. The van der Waals surface area contributed by atoms with E-state index in [1.54, 1.807) is 17.7 Å². The van der Waals surface area contributed by atoms with E-state index in [0.29, 0.717) is 19.2 Å². The van der Waals surface area contributed by atoms with Gasteiger partial charge in [-0.15, -0.1) is 11.3 Å². The standard InChI is InChI=1S/C22H31N5O2S/c1-15(27(18-5-6-18)22(28)19-13-24-8-9-29-19)20-10-16(4-3-7-23-2)21(30-20)17-11-25-14-26-12-17/h10-12,14-15,18-19,23-24H,3-9,13H2,1-2H3/t15-,19-/m1/s1. The van der Waals surface area contributed by atoms with Gasteiger partial charge in [0.2, 0.25) is 0 Å². The predicted molar refractivity (Wildman–Crippen MR) is 118 cm³/mol. The van der Waals surface area contributed by atoms with Crippen molar-refractivity contribution >= 4 is 17.2 Å². The first-order chi connectivity index (χ1) is 14.7. The Balaban J connectivity index is 1.60. The summed E-state index contributed by atoms with van der Waals surface area (Å²) in [5.74, 6) is 0.118. The van der Waals surface area contributed by atoms with Crippen LogP contribution in [-0.4, -0.2) is 66.2 Å². The molecule has 7 nitrogen and oxygen atoms in total. The first-order valence-corrected chi connectivity index (χ1v) is 11.7. The Bertz CT molecular complexity index is 833. The van der Waals surface area contributed by atoms with E-state index in [0.717, 1.165) is 44.3 Å². The van der Waals surface area contributed by atoms with Gasteiger partial charge in [-0.05, 0) is 57.8 Å². The summed E-state index contributed by atoms with van der Waals surface area (Å²) in [6, 6.07) is 2.65. The molecule has 162 valence electrons. The van der Waals surface area contributed by atoms with E-state index < -0.39 is 0 Å². The zero-order chi connectivity index (χ0) is 20.9. The fourth-order valence-electron chi connectivity index (χ4n) is 4.03. The Kier molecular flexibility index (Phi) is 7.09. The Hall–Kier alpha value is -1.87. The minimum atomic E-state index is -0.376. The van der Waals surface area contributed by atoms with Gasteiger partial charge in [0.1, 0.15) is 12.4 Å². The third-order valence-corrected chi connectivity index (χ3v) is 7.15. The van der Waals surface area contributed by atoms with Crippen LogP contribution in [-0.2, 0) is 16.0 Å². The molecule has 2 aliphatic rings. The number of amides is 1. The molecule has 0 radical (unpaired) electrons. The van der Waals surface area contributed by atoms with Gasteiger partial charge < -0.3 is 20.3 Å². The van der Waals surface area contributed by atoms with Crippen molar-refractivity contribution in [3.63, 3.8) is 0 Å². The van der Waals surface area contributed by atoms with E-state index in [-0.39, 0.29) is 18.1 Å². The number of nitrogens with one attached hydrogen (secondary N) is 2. The van der Waals surface area contributed by atoms with Gasteiger partial charge >= 0.3 is 0 Å². The summed E-state index contributed by atoms with van der Waals surface area (Å²) in [7, 11) is 1.98. The number of rotatable bonds is 9. The quantitative estimate of drug-likeness (QED) is 0.596. The SMILES string of the molecule is CNCCCc1cc([C@@H](C)N(C(=O)[C@H]2CNCCO2)C2CC2)sc1-c1cncnc1. The molecule has 4 rings (SSSR count). The largest absolute Gasteiger partial charge is 0.366 e. The number of carbonyl (C=O) groups excluding carboxylic acids is 1. The molecule has 2 atom stereocenters. The summed E-state index contributed by atoms with van der Waals surface area (Å²) in [6.07, 6.45) is 9.15. The lowest BCUT2D eigenvalue weighted by atomic mass is 10.1. The second-order valence-electron chi connectivity index (χ2n) is 8.05. The van der Waals surface area contributed by atoms with Crippen LogP contribution in [0, 0.1) is 0 Å². The van der Waals surface area contributed by atoms with Crippen LogP contribution in [0.5, 0.6) is 0 Å². The fourth-order valence-corrected chi connectivity index (χ4v) is 5.26. The first kappa shape index (κ1) is 21.4. The topological polar surface area (TPSA) is 79.4 Å². The number of carbonyl (C=O) groups is 1. The lowest BCUT2D eigenvalue weighted by Gasteiger charge is -2.33. The number of morpholine rings is 1. The van der Waals surface area contributed by atoms with E-state index in [1.165, 1.54) is 15.3 Å². The van der Waals surface area contributed by atoms with E-state index in [4.69, 9.17) is 4.74 Å². The number of nitrogens with zero attached hydrogens (tertiary/aromatic N) is 3. The molecule has 1 saturated heterocycles. The highest BCUT2D eigenvalue weighted by atomic mass is 32.1. The zero-order valence-corrected chi connectivity index (χ0v) is 18.6. The van der Waals surface area contributed by atoms with E-state index in [2.05, 4.69) is 38.5 Å². The van der Waals surface area contributed by atoms with Crippen molar-refractivity contribution in [2.45, 2.75) is 50.8 Å². The molecule has 2 N–H and O–H groups in total. The molecule has 1 amide bonds. The number of hydrogen-bond acceptors (Lipinski definition) is 7. The monoisotopic (exact) mass is 429 g/mol. The molecule has 1 aliphatic carbocycles. The average Bonchev–Trinajstić information content (AvgIpc) is 3.53. The van der Waals surface area contributed by atoms with Crippen molar-refractivity contribution in [2.75, 3.05) is 33.3 Å². The van der Waals surface area contributed by atoms with Crippen LogP contribution in [0.3, 0.4) is 0 Å². The van der Waals surface area contributed by atoms with Crippen LogP contribution in [0.2, 0.25) is 0 Å². The molecule has 0 unspecified atom stereocenters. The summed E-state index contributed by atoms with van der Waals surface area (Å²) in [4.78, 5) is 26.2. The van der Waals surface area contributed by atoms with Crippen LogP contribution < -0.4 is 10.6 Å². The van der Waals surface area contributed by atoms with Gasteiger partial charge in [0.25, 0.3) is 5.91 Å². The molecule has 2 aromatic heterocycles. The Morgan fingerprint density at radius 2 is 2.20 bits per heavy atom. The van der Waals surface area contributed by atoms with Gasteiger partial charge in [0.05, 0.1) is 12.6 Å². The molecule has 3 heterocycles. The summed E-state index contributed by atoms with van der Waals surface area (Å²) in [6.45, 7) is 5.13. The summed E-state index contributed by atoms with van der Waals surface area (Å²) < 4.78 is 5.77. The van der Waals surface area contributed by atoms with Crippen molar-refractivity contribution in [3.8, 4) is 10.4 Å². The molecular formula is C22H31N5O2S. The highest BCUT2D eigenvalue weighted by Crippen LogP contribution is 2.41. The molecule has 1 saturated carbocycles. The number of aromatic nitrogens is 2. The van der Waals surface area contributed by atoms with Crippen LogP contribution in [0.1, 0.15) is 42.7 Å². The Morgan fingerprint density at radius 3 is 2.87 bits per heavy atom. The third-order valence-electron chi connectivity index (χ3n) is 5.75. The summed E-state index contributed by atoms with van der Waals surface area (Å²) >= 11 is 1.77. The van der Waals surface area contributed by atoms with Crippen molar-refractivity contribution in [1.82, 2.24) is 25.5 Å². The average molecular weight is 430 g/mol. The highest BCUT2D eigenvalue weighted by Gasteiger charge is 2.40. The van der Waals surface area contributed by atoms with Crippen molar-refractivity contribution in [2.24, 2.45) is 0 Å². The molecule has 2 aromatic rings. The van der Waals surface area contributed by atoms with Gasteiger partial charge in [-0.2, -0.15) is 0 Å². The molecule has 1 aliphatic heterocycles. The fraction of sp³-hybridized carbons (Fsp3) is 0.591. The lowest BCUT2D eigenvalue weighted by Crippen LogP contribution is -2.50. The Morgan fingerprint density at radius 1 is 1.40 bits per heavy atom. The maximum Gasteiger partial charge on any atom is 0.253 e. The van der Waals surface area contributed by atoms with Crippen LogP contribution >= 0.6 is 11.3 Å². The zero-order valence-electron chi connectivity index (χ0n) is 17.8. The predicted octanol–water partition coefficient (Wildman–Crippen LogP) is 2.40. The van der Waals surface area contributed by atoms with Gasteiger partial charge in [0, 0.05) is 46.8 Å². The second-order valence-corrected chi connectivity index (χ2v) is 9.14. The van der Waals surface area contributed by atoms with E-state index in [1.807, 2.05) is 19.4 Å². The molecule has 8 heteroatoms. The van der Waals surface area contributed by atoms with E-state index >= 15 is 0 Å². The maximum absolute atomic E-state index is 13.3. The van der Waals surface area contributed by atoms with Crippen LogP contribution in [0.25, 0.3) is 10.4 Å². The van der Waals surface area contributed by atoms with Gasteiger partial charge in [-0.25, -0.2) is 9.97 Å². The summed E-state index contributed by atoms with van der Waals surface area (Å²) in [5, 5.41) is 6.51. The molecule has 0 bridgehead atoms. The molecule has 0 aromatic carbocycles. The van der Waals surface area contributed by atoms with Crippen molar-refractivity contribution in [1.29, 1.82) is 0 Å². The van der Waals surface area contributed by atoms with Gasteiger partial charge in [-0.1, -0.05) is 0 Å². The molecule has 0 spiro atoms. The first-order valence-electron chi connectivity index (χ1n) is 10.9. The highest BCUT2D eigenvalue weighted by molar-refractivity contribution is 7.15. The molecular weight excluding hydrogens is 398 g/mol.